The number of aromatic nitrogens is 1. The Morgan fingerprint density at radius 3 is 2.55 bits per heavy atom. The number of amides is 1. The molecule has 1 amide bonds. The molecule has 110 valence electrons. The molecule has 0 spiro atoms. The number of fused-ring (bicyclic) bond motifs is 1. The summed E-state index contributed by atoms with van der Waals surface area (Å²) in [5.74, 6) is 0.525. The maximum absolute atomic E-state index is 10.5. The van der Waals surface area contributed by atoms with Gasteiger partial charge in [-0.15, -0.1) is 0 Å². The van der Waals surface area contributed by atoms with Crippen molar-refractivity contribution in [2.75, 3.05) is 33.0 Å². The van der Waals surface area contributed by atoms with Crippen molar-refractivity contribution < 1.29 is 24.1 Å². The summed E-state index contributed by atoms with van der Waals surface area (Å²) in [6.45, 7) is 3.61. The van der Waals surface area contributed by atoms with E-state index in [1.807, 2.05) is 6.07 Å². The molecule has 7 heteroatoms. The van der Waals surface area contributed by atoms with E-state index < -0.39 is 6.09 Å². The topological polar surface area (TPSA) is 89.9 Å². The number of ether oxygens (including phenoxy) is 3. The lowest BCUT2D eigenvalue weighted by atomic mass is 10.0. The number of nitrogens with one attached hydrogen (secondary N) is 1. The lowest BCUT2D eigenvalue weighted by molar-refractivity contribution is -0.0334. The maximum atomic E-state index is 10.5. The van der Waals surface area contributed by atoms with Crippen LogP contribution in [0.4, 0.5) is 4.79 Å². The first-order valence-electron chi connectivity index (χ1n) is 6.50. The van der Waals surface area contributed by atoms with Crippen molar-refractivity contribution in [1.29, 1.82) is 0 Å². The summed E-state index contributed by atoms with van der Waals surface area (Å²) in [7, 11) is 0. The van der Waals surface area contributed by atoms with Gasteiger partial charge in [0.15, 0.2) is 0 Å². The van der Waals surface area contributed by atoms with E-state index in [1.54, 1.807) is 12.3 Å². The largest absolute Gasteiger partial charge is 0.477 e. The van der Waals surface area contributed by atoms with Crippen LogP contribution in [0.25, 0.3) is 0 Å². The highest BCUT2D eigenvalue weighted by atomic mass is 16.6. The Kier molecular flexibility index (Phi) is 5.57. The van der Waals surface area contributed by atoms with Crippen LogP contribution in [0.5, 0.6) is 5.88 Å². The van der Waals surface area contributed by atoms with Crippen molar-refractivity contribution in [1.82, 2.24) is 10.3 Å². The van der Waals surface area contributed by atoms with Gasteiger partial charge in [-0.05, 0) is 6.07 Å². The highest BCUT2D eigenvalue weighted by Crippen LogP contribution is 2.29. The predicted octanol–water partition coefficient (Wildman–Crippen LogP) is 1.21. The summed E-state index contributed by atoms with van der Waals surface area (Å²) in [6, 6.07) is 3.39. The van der Waals surface area contributed by atoms with Crippen molar-refractivity contribution in [2.24, 2.45) is 0 Å². The van der Waals surface area contributed by atoms with Crippen LogP contribution in [0.1, 0.15) is 18.0 Å². The molecule has 1 fully saturated rings. The summed E-state index contributed by atoms with van der Waals surface area (Å²) in [5, 5.41) is 11.1. The minimum absolute atomic E-state index is 0.204. The Balaban J connectivity index is 0.000000205. The van der Waals surface area contributed by atoms with Crippen LogP contribution in [-0.2, 0) is 9.47 Å². The lowest BCUT2D eigenvalue weighted by Gasteiger charge is -2.24. The first-order chi connectivity index (χ1) is 9.77. The summed E-state index contributed by atoms with van der Waals surface area (Å²) in [6.07, 6.45) is 1.25. The quantitative estimate of drug-likeness (QED) is 0.804. The average molecular weight is 282 g/mol. The van der Waals surface area contributed by atoms with Crippen LogP contribution in [0, 0.1) is 0 Å². The molecule has 1 unspecified atom stereocenters. The van der Waals surface area contributed by atoms with Gasteiger partial charge in [0.1, 0.15) is 0 Å². The normalized spacial score (nSPS) is 20.7. The number of pyridine rings is 1. The van der Waals surface area contributed by atoms with E-state index in [-0.39, 0.29) is 6.04 Å². The van der Waals surface area contributed by atoms with Gasteiger partial charge in [-0.1, -0.05) is 6.07 Å². The molecule has 1 aromatic heterocycles. The Bertz CT molecular complexity index is 425. The van der Waals surface area contributed by atoms with E-state index in [1.165, 1.54) is 0 Å². The van der Waals surface area contributed by atoms with Gasteiger partial charge < -0.3 is 24.6 Å². The van der Waals surface area contributed by atoms with Gasteiger partial charge in [0, 0.05) is 18.2 Å². The molecule has 1 atom stereocenters. The first kappa shape index (κ1) is 14.5. The van der Waals surface area contributed by atoms with E-state index in [2.05, 4.69) is 10.3 Å². The highest BCUT2D eigenvalue weighted by Gasteiger charge is 2.23. The van der Waals surface area contributed by atoms with Gasteiger partial charge in [-0.25, -0.2) is 9.78 Å². The van der Waals surface area contributed by atoms with Crippen molar-refractivity contribution in [3.8, 4) is 5.88 Å². The van der Waals surface area contributed by atoms with E-state index in [0.29, 0.717) is 18.9 Å². The predicted molar refractivity (Wildman–Crippen MR) is 69.9 cm³/mol. The molecule has 1 saturated heterocycles. The molecular formula is C13H18N2O5. The zero-order chi connectivity index (χ0) is 14.2. The number of hydrogen-bond donors (Lipinski definition) is 2. The summed E-state index contributed by atoms with van der Waals surface area (Å²) in [5.41, 5.74) is 0.807. The van der Waals surface area contributed by atoms with Crippen LogP contribution in [0.3, 0.4) is 0 Å². The molecule has 2 N–H and O–H groups in total. The second-order valence-electron chi connectivity index (χ2n) is 4.26. The van der Waals surface area contributed by atoms with Gasteiger partial charge in [-0.3, -0.25) is 0 Å². The van der Waals surface area contributed by atoms with Crippen molar-refractivity contribution in [3.05, 3.63) is 23.9 Å². The zero-order valence-electron chi connectivity index (χ0n) is 11.1. The van der Waals surface area contributed by atoms with Crippen LogP contribution >= 0.6 is 0 Å². The average Bonchev–Trinajstić information content (AvgIpc) is 2.50. The van der Waals surface area contributed by atoms with Crippen molar-refractivity contribution in [3.63, 3.8) is 0 Å². The third kappa shape index (κ3) is 4.36. The molecule has 0 radical (unpaired) electrons. The smallest absolute Gasteiger partial charge is 0.405 e. The van der Waals surface area contributed by atoms with Crippen LogP contribution in [0.15, 0.2) is 18.3 Å². The fourth-order valence-electron chi connectivity index (χ4n) is 1.96. The number of rotatable bonds is 1. The summed E-state index contributed by atoms with van der Waals surface area (Å²) in [4.78, 5) is 14.5. The molecule has 7 nitrogen and oxygen atoms in total. The Hall–Kier alpha value is -1.86. The first-order valence-corrected chi connectivity index (χ1v) is 6.50. The molecule has 20 heavy (non-hydrogen) atoms. The zero-order valence-corrected chi connectivity index (χ0v) is 11.1. The Labute approximate surface area is 116 Å². The van der Waals surface area contributed by atoms with E-state index in [4.69, 9.17) is 19.3 Å². The summed E-state index contributed by atoms with van der Waals surface area (Å²) < 4.78 is 15.2. The monoisotopic (exact) mass is 282 g/mol. The van der Waals surface area contributed by atoms with Gasteiger partial charge >= 0.3 is 6.09 Å². The fraction of sp³-hybridized carbons (Fsp3) is 0.538. The van der Waals surface area contributed by atoms with E-state index in [9.17, 15) is 4.79 Å². The second-order valence-corrected chi connectivity index (χ2v) is 4.26. The number of carboxylic acid groups (broad SMARTS) is 1. The molecule has 1 aromatic rings. The molecule has 2 aliphatic heterocycles. The van der Waals surface area contributed by atoms with Gasteiger partial charge in [0.2, 0.25) is 5.88 Å². The number of carbonyl (C=O) groups is 1. The van der Waals surface area contributed by atoms with Gasteiger partial charge in [-0.2, -0.15) is 0 Å². The van der Waals surface area contributed by atoms with Crippen LogP contribution < -0.4 is 10.1 Å². The minimum Gasteiger partial charge on any atom is -0.477 e. The molecule has 0 aromatic carbocycles. The van der Waals surface area contributed by atoms with Gasteiger partial charge in [0.25, 0.3) is 0 Å². The highest BCUT2D eigenvalue weighted by molar-refractivity contribution is 5.65. The van der Waals surface area contributed by atoms with E-state index in [0.717, 1.165) is 32.0 Å². The fourth-order valence-corrected chi connectivity index (χ4v) is 1.96. The molecule has 3 rings (SSSR count). The van der Waals surface area contributed by atoms with Crippen molar-refractivity contribution >= 4 is 6.09 Å². The third-order valence-electron chi connectivity index (χ3n) is 2.86. The molecule has 0 bridgehead atoms. The molecule has 0 aliphatic carbocycles. The van der Waals surface area contributed by atoms with E-state index >= 15 is 0 Å². The van der Waals surface area contributed by atoms with Crippen LogP contribution in [-0.4, -0.2) is 49.2 Å². The molecule has 2 aliphatic rings. The minimum atomic E-state index is -1.02. The molecular weight excluding hydrogens is 264 g/mol. The SMILES string of the molecule is C1COCCO1.O=C(O)NC1CCOc2ncccc21. The Morgan fingerprint density at radius 1 is 1.25 bits per heavy atom. The third-order valence-corrected chi connectivity index (χ3v) is 2.86. The second kappa shape index (κ2) is 7.66. The number of hydrogen-bond acceptors (Lipinski definition) is 5. The van der Waals surface area contributed by atoms with Crippen molar-refractivity contribution in [2.45, 2.75) is 12.5 Å². The maximum Gasteiger partial charge on any atom is 0.405 e. The summed E-state index contributed by atoms with van der Waals surface area (Å²) >= 11 is 0. The standard InChI is InChI=1S/C9H10N2O3.C4H8O2/c12-9(13)11-7-3-5-14-8-6(7)2-1-4-10-8;1-2-6-4-3-5-1/h1-2,4,7,11H,3,5H2,(H,12,13);1-4H2. The number of nitrogens with zero attached hydrogens (tertiary/aromatic N) is 1. The van der Waals surface area contributed by atoms with Crippen LogP contribution in [0.2, 0.25) is 0 Å². The Morgan fingerprint density at radius 2 is 1.95 bits per heavy atom. The molecule has 0 saturated carbocycles. The lowest BCUT2D eigenvalue weighted by Crippen LogP contribution is -2.31. The molecule has 3 heterocycles. The van der Waals surface area contributed by atoms with Gasteiger partial charge in [0.05, 0.1) is 39.1 Å².